The van der Waals surface area contributed by atoms with Crippen molar-refractivity contribution >= 4 is 24.0 Å². The van der Waals surface area contributed by atoms with Crippen LogP contribution in [0, 0.1) is 10.1 Å². The van der Waals surface area contributed by atoms with Crippen LogP contribution in [0.4, 0.5) is 5.69 Å². The Hall–Kier alpha value is -1.66. The second kappa shape index (κ2) is 7.81. The summed E-state index contributed by atoms with van der Waals surface area (Å²) in [6.07, 6.45) is 0. The quantitative estimate of drug-likeness (QED) is 0.666. The van der Waals surface area contributed by atoms with Gasteiger partial charge in [0.2, 0.25) is 5.91 Å². The van der Waals surface area contributed by atoms with E-state index in [1.54, 1.807) is 24.0 Å². The Kier molecular flexibility index (Phi) is 7.17. The van der Waals surface area contributed by atoms with Gasteiger partial charge in [0.1, 0.15) is 0 Å². The molecule has 7 heteroatoms. The first-order valence-electron chi connectivity index (χ1n) is 6.12. The maximum Gasteiger partial charge on any atom is 0.269 e. The molecule has 0 saturated heterocycles. The van der Waals surface area contributed by atoms with Gasteiger partial charge in [0, 0.05) is 24.7 Å². The topological polar surface area (TPSA) is 89.5 Å². The van der Waals surface area contributed by atoms with Crippen LogP contribution in [0.2, 0.25) is 0 Å². The molecule has 2 N–H and O–H groups in total. The highest BCUT2D eigenvalue weighted by atomic mass is 35.5. The van der Waals surface area contributed by atoms with Crippen LogP contribution in [0.25, 0.3) is 0 Å². The average Bonchev–Trinajstić information content (AvgIpc) is 2.35. The molecule has 0 aliphatic rings. The Bertz CT molecular complexity index is 460. The zero-order valence-corrected chi connectivity index (χ0v) is 12.6. The van der Waals surface area contributed by atoms with Gasteiger partial charge in [-0.15, -0.1) is 12.4 Å². The molecule has 0 spiro atoms. The number of hydrogen-bond acceptors (Lipinski definition) is 4. The van der Waals surface area contributed by atoms with Gasteiger partial charge in [0.25, 0.3) is 5.69 Å². The van der Waals surface area contributed by atoms with Crippen molar-refractivity contribution in [2.45, 2.75) is 39.4 Å². The van der Waals surface area contributed by atoms with E-state index in [-0.39, 0.29) is 30.0 Å². The number of carbonyl (C=O) groups is 1. The predicted molar refractivity (Wildman–Crippen MR) is 79.7 cm³/mol. The zero-order chi connectivity index (χ0) is 14.6. The number of amides is 1. The van der Waals surface area contributed by atoms with Gasteiger partial charge in [-0.1, -0.05) is 12.1 Å². The van der Waals surface area contributed by atoms with E-state index in [4.69, 9.17) is 5.73 Å². The second-order valence-electron chi connectivity index (χ2n) is 4.77. The maximum absolute atomic E-state index is 12.0. The lowest BCUT2D eigenvalue weighted by Crippen LogP contribution is -2.45. The molecule has 0 radical (unpaired) electrons. The molecule has 0 saturated carbocycles. The van der Waals surface area contributed by atoms with Crippen molar-refractivity contribution in [2.24, 2.45) is 5.73 Å². The predicted octanol–water partition coefficient (Wildman–Crippen LogP) is 2.10. The lowest BCUT2D eigenvalue weighted by molar-refractivity contribution is -0.384. The first kappa shape index (κ1) is 18.3. The normalized spacial score (nSPS) is 11.7. The molecule has 1 amide bonds. The summed E-state index contributed by atoms with van der Waals surface area (Å²) in [6.45, 7) is 5.86. The minimum Gasteiger partial charge on any atom is -0.335 e. The first-order valence-corrected chi connectivity index (χ1v) is 6.12. The second-order valence-corrected chi connectivity index (χ2v) is 4.77. The van der Waals surface area contributed by atoms with Crippen molar-refractivity contribution in [1.82, 2.24) is 4.90 Å². The van der Waals surface area contributed by atoms with Crippen LogP contribution in [0.1, 0.15) is 26.3 Å². The summed E-state index contributed by atoms with van der Waals surface area (Å²) in [6, 6.07) is 5.65. The molecular formula is C13H20ClN3O3. The maximum atomic E-state index is 12.0. The SMILES string of the molecule is CC(C)N(Cc1ccc([N+](=O)[O-])cc1)C(=O)[C@H](C)N.Cl. The van der Waals surface area contributed by atoms with Gasteiger partial charge in [-0.25, -0.2) is 0 Å². The van der Waals surface area contributed by atoms with E-state index < -0.39 is 11.0 Å². The summed E-state index contributed by atoms with van der Waals surface area (Å²) in [5, 5.41) is 10.6. The van der Waals surface area contributed by atoms with E-state index >= 15 is 0 Å². The van der Waals surface area contributed by atoms with Gasteiger partial charge in [-0.3, -0.25) is 14.9 Å². The molecule has 1 aromatic rings. The van der Waals surface area contributed by atoms with Gasteiger partial charge in [0.15, 0.2) is 0 Å². The molecule has 0 aromatic heterocycles. The molecule has 1 aromatic carbocycles. The van der Waals surface area contributed by atoms with Crippen molar-refractivity contribution in [3.8, 4) is 0 Å². The molecule has 0 aliphatic carbocycles. The molecule has 20 heavy (non-hydrogen) atoms. The molecule has 1 rings (SSSR count). The largest absolute Gasteiger partial charge is 0.335 e. The number of non-ortho nitro benzene ring substituents is 1. The van der Waals surface area contributed by atoms with Crippen molar-refractivity contribution < 1.29 is 9.72 Å². The van der Waals surface area contributed by atoms with Crippen LogP contribution in [0.15, 0.2) is 24.3 Å². The van der Waals surface area contributed by atoms with E-state index in [0.717, 1.165) is 5.56 Å². The fourth-order valence-corrected chi connectivity index (χ4v) is 1.70. The number of nitro benzene ring substituents is 1. The van der Waals surface area contributed by atoms with Crippen LogP contribution in [-0.2, 0) is 11.3 Å². The molecule has 0 heterocycles. The van der Waals surface area contributed by atoms with Gasteiger partial charge in [-0.05, 0) is 26.3 Å². The fourth-order valence-electron chi connectivity index (χ4n) is 1.70. The Balaban J connectivity index is 0.00000361. The summed E-state index contributed by atoms with van der Waals surface area (Å²) in [5.41, 5.74) is 6.49. The van der Waals surface area contributed by atoms with Crippen molar-refractivity contribution in [3.63, 3.8) is 0 Å². The number of rotatable bonds is 5. The Morgan fingerprint density at radius 1 is 1.30 bits per heavy atom. The van der Waals surface area contributed by atoms with E-state index in [9.17, 15) is 14.9 Å². The molecule has 0 bridgehead atoms. The number of carbonyl (C=O) groups excluding carboxylic acids is 1. The highest BCUT2D eigenvalue weighted by Gasteiger charge is 2.20. The highest BCUT2D eigenvalue weighted by molar-refractivity contribution is 5.85. The van der Waals surface area contributed by atoms with Gasteiger partial charge >= 0.3 is 0 Å². The third-order valence-corrected chi connectivity index (χ3v) is 2.80. The first-order chi connectivity index (χ1) is 8.82. The summed E-state index contributed by atoms with van der Waals surface area (Å²) in [5.74, 6) is -0.131. The molecule has 6 nitrogen and oxygen atoms in total. The Morgan fingerprint density at radius 3 is 2.15 bits per heavy atom. The molecule has 0 fully saturated rings. The smallest absolute Gasteiger partial charge is 0.269 e. The van der Waals surface area contributed by atoms with Crippen LogP contribution >= 0.6 is 12.4 Å². The minimum absolute atomic E-state index is 0. The third-order valence-electron chi connectivity index (χ3n) is 2.80. The minimum atomic E-state index is -0.555. The van der Waals surface area contributed by atoms with Crippen molar-refractivity contribution in [1.29, 1.82) is 0 Å². The summed E-state index contributed by atoms with van der Waals surface area (Å²) < 4.78 is 0. The molecular weight excluding hydrogens is 282 g/mol. The standard InChI is InChI=1S/C13H19N3O3.ClH/c1-9(2)15(13(17)10(3)14)8-11-4-6-12(7-5-11)16(18)19;/h4-7,9-10H,8,14H2,1-3H3;1H/t10-;/m0./s1. The molecule has 0 aliphatic heterocycles. The molecule has 0 unspecified atom stereocenters. The van der Waals surface area contributed by atoms with Crippen LogP contribution in [0.3, 0.4) is 0 Å². The van der Waals surface area contributed by atoms with Crippen LogP contribution in [0.5, 0.6) is 0 Å². The van der Waals surface area contributed by atoms with Crippen molar-refractivity contribution in [2.75, 3.05) is 0 Å². The number of nitrogens with two attached hydrogens (primary N) is 1. The van der Waals surface area contributed by atoms with Crippen LogP contribution in [-0.4, -0.2) is 27.8 Å². The van der Waals surface area contributed by atoms with E-state index in [2.05, 4.69) is 0 Å². The van der Waals surface area contributed by atoms with Gasteiger partial charge in [0.05, 0.1) is 11.0 Å². The van der Waals surface area contributed by atoms with Gasteiger partial charge in [-0.2, -0.15) is 0 Å². The molecule has 1 atom stereocenters. The number of halogens is 1. The van der Waals surface area contributed by atoms with E-state index in [1.165, 1.54) is 12.1 Å². The lowest BCUT2D eigenvalue weighted by atomic mass is 10.1. The number of nitro groups is 1. The van der Waals surface area contributed by atoms with E-state index in [1.807, 2.05) is 13.8 Å². The Morgan fingerprint density at radius 2 is 1.80 bits per heavy atom. The lowest BCUT2D eigenvalue weighted by Gasteiger charge is -2.28. The number of nitrogens with zero attached hydrogens (tertiary/aromatic N) is 2. The van der Waals surface area contributed by atoms with Crippen LogP contribution < -0.4 is 5.73 Å². The molecule has 112 valence electrons. The van der Waals surface area contributed by atoms with Gasteiger partial charge < -0.3 is 10.6 Å². The number of benzene rings is 1. The number of hydrogen-bond donors (Lipinski definition) is 1. The fraction of sp³-hybridized carbons (Fsp3) is 0.462. The monoisotopic (exact) mass is 301 g/mol. The zero-order valence-electron chi connectivity index (χ0n) is 11.8. The third kappa shape index (κ3) is 4.79. The summed E-state index contributed by atoms with van der Waals surface area (Å²) >= 11 is 0. The summed E-state index contributed by atoms with van der Waals surface area (Å²) in [7, 11) is 0. The highest BCUT2D eigenvalue weighted by Crippen LogP contribution is 2.15. The Labute approximate surface area is 124 Å². The summed E-state index contributed by atoms with van der Waals surface area (Å²) in [4.78, 5) is 23.7. The van der Waals surface area contributed by atoms with E-state index in [0.29, 0.717) is 6.54 Å². The van der Waals surface area contributed by atoms with Crippen molar-refractivity contribution in [3.05, 3.63) is 39.9 Å². The average molecular weight is 302 g/mol.